The van der Waals surface area contributed by atoms with E-state index in [0.717, 1.165) is 26.1 Å². The standard InChI is InChI=1S/C11H18O2/c1-3-4-5-9-7-13-10-8(2)6-12-11(9)10/h3,8-11H,1,4-7H2,2H3/t8?,9?,10-,11-/m1/s1. The highest BCUT2D eigenvalue weighted by molar-refractivity contribution is 4.92. The first kappa shape index (κ1) is 9.22. The molecule has 0 amide bonds. The number of hydrogen-bond donors (Lipinski definition) is 0. The molecule has 0 aromatic carbocycles. The fourth-order valence-corrected chi connectivity index (χ4v) is 2.35. The zero-order chi connectivity index (χ0) is 9.26. The van der Waals surface area contributed by atoms with Crippen LogP contribution in [-0.2, 0) is 9.47 Å². The molecular formula is C11H18O2. The summed E-state index contributed by atoms with van der Waals surface area (Å²) in [6.07, 6.45) is 4.96. The summed E-state index contributed by atoms with van der Waals surface area (Å²) in [5.74, 6) is 1.19. The molecule has 4 atom stereocenters. The summed E-state index contributed by atoms with van der Waals surface area (Å²) >= 11 is 0. The van der Waals surface area contributed by atoms with Gasteiger partial charge >= 0.3 is 0 Å². The van der Waals surface area contributed by atoms with Crippen molar-refractivity contribution in [3.63, 3.8) is 0 Å². The molecule has 0 radical (unpaired) electrons. The van der Waals surface area contributed by atoms with Crippen molar-refractivity contribution < 1.29 is 9.47 Å². The van der Waals surface area contributed by atoms with Crippen molar-refractivity contribution in [3.8, 4) is 0 Å². The van der Waals surface area contributed by atoms with E-state index in [2.05, 4.69) is 13.5 Å². The second kappa shape index (κ2) is 3.81. The van der Waals surface area contributed by atoms with E-state index in [4.69, 9.17) is 9.47 Å². The average molecular weight is 182 g/mol. The maximum Gasteiger partial charge on any atom is 0.0890 e. The molecular weight excluding hydrogens is 164 g/mol. The van der Waals surface area contributed by atoms with Gasteiger partial charge < -0.3 is 9.47 Å². The minimum absolute atomic E-state index is 0.370. The van der Waals surface area contributed by atoms with Crippen LogP contribution in [0.4, 0.5) is 0 Å². The third kappa shape index (κ3) is 1.65. The van der Waals surface area contributed by atoms with Crippen LogP contribution >= 0.6 is 0 Å². The molecule has 2 heterocycles. The van der Waals surface area contributed by atoms with Crippen LogP contribution in [-0.4, -0.2) is 25.4 Å². The van der Waals surface area contributed by atoms with Gasteiger partial charge in [-0.2, -0.15) is 0 Å². The third-order valence-corrected chi connectivity index (χ3v) is 3.15. The minimum atomic E-state index is 0.370. The van der Waals surface area contributed by atoms with Crippen molar-refractivity contribution >= 4 is 0 Å². The lowest BCUT2D eigenvalue weighted by Crippen LogP contribution is -2.24. The summed E-state index contributed by atoms with van der Waals surface area (Å²) in [5, 5.41) is 0. The van der Waals surface area contributed by atoms with E-state index >= 15 is 0 Å². The van der Waals surface area contributed by atoms with Crippen LogP contribution < -0.4 is 0 Å². The average Bonchev–Trinajstić information content (AvgIpc) is 2.67. The Morgan fingerprint density at radius 1 is 1.31 bits per heavy atom. The fraction of sp³-hybridized carbons (Fsp3) is 0.818. The highest BCUT2D eigenvalue weighted by Gasteiger charge is 2.44. The molecule has 0 spiro atoms. The Labute approximate surface area is 79.9 Å². The molecule has 0 aromatic rings. The Morgan fingerprint density at radius 2 is 2.08 bits per heavy atom. The molecule has 0 aliphatic carbocycles. The second-order valence-electron chi connectivity index (χ2n) is 4.20. The van der Waals surface area contributed by atoms with Gasteiger partial charge in [0.2, 0.25) is 0 Å². The molecule has 2 aliphatic heterocycles. The van der Waals surface area contributed by atoms with Crippen molar-refractivity contribution in [2.24, 2.45) is 11.8 Å². The van der Waals surface area contributed by atoms with Gasteiger partial charge in [0, 0.05) is 11.8 Å². The van der Waals surface area contributed by atoms with Gasteiger partial charge in [-0.05, 0) is 12.8 Å². The fourth-order valence-electron chi connectivity index (χ4n) is 2.35. The van der Waals surface area contributed by atoms with Crippen molar-refractivity contribution in [3.05, 3.63) is 12.7 Å². The lowest BCUT2D eigenvalue weighted by Gasteiger charge is -2.14. The van der Waals surface area contributed by atoms with E-state index in [1.807, 2.05) is 6.08 Å². The predicted octanol–water partition coefficient (Wildman–Crippen LogP) is 2.00. The lowest BCUT2D eigenvalue weighted by atomic mass is 9.94. The van der Waals surface area contributed by atoms with Gasteiger partial charge in [0.15, 0.2) is 0 Å². The first-order valence-corrected chi connectivity index (χ1v) is 5.17. The summed E-state index contributed by atoms with van der Waals surface area (Å²) in [7, 11) is 0. The van der Waals surface area contributed by atoms with E-state index in [-0.39, 0.29) is 0 Å². The highest BCUT2D eigenvalue weighted by Crippen LogP contribution is 2.36. The number of hydrogen-bond acceptors (Lipinski definition) is 2. The van der Waals surface area contributed by atoms with E-state index in [1.165, 1.54) is 0 Å². The van der Waals surface area contributed by atoms with Gasteiger partial charge in [0.25, 0.3) is 0 Å². The Hall–Kier alpha value is -0.340. The Bertz CT molecular complexity index is 191. The molecule has 2 heteroatoms. The smallest absolute Gasteiger partial charge is 0.0890 e. The third-order valence-electron chi connectivity index (χ3n) is 3.15. The first-order valence-electron chi connectivity index (χ1n) is 5.17. The van der Waals surface area contributed by atoms with Gasteiger partial charge in [-0.15, -0.1) is 6.58 Å². The second-order valence-corrected chi connectivity index (χ2v) is 4.20. The zero-order valence-electron chi connectivity index (χ0n) is 8.24. The zero-order valence-corrected chi connectivity index (χ0v) is 8.24. The molecule has 2 rings (SSSR count). The van der Waals surface area contributed by atoms with Crippen LogP contribution in [0.15, 0.2) is 12.7 Å². The summed E-state index contributed by atoms with van der Waals surface area (Å²) in [6, 6.07) is 0. The molecule has 13 heavy (non-hydrogen) atoms. The van der Waals surface area contributed by atoms with E-state index in [9.17, 15) is 0 Å². The first-order chi connectivity index (χ1) is 6.33. The topological polar surface area (TPSA) is 18.5 Å². The van der Waals surface area contributed by atoms with Gasteiger partial charge in [-0.3, -0.25) is 0 Å². The van der Waals surface area contributed by atoms with Crippen LogP contribution in [0.5, 0.6) is 0 Å². The summed E-state index contributed by atoms with van der Waals surface area (Å²) < 4.78 is 11.5. The van der Waals surface area contributed by atoms with Crippen molar-refractivity contribution in [1.82, 2.24) is 0 Å². The molecule has 2 aliphatic rings. The molecule has 2 nitrogen and oxygen atoms in total. The Balaban J connectivity index is 1.90. The molecule has 0 N–H and O–H groups in total. The van der Waals surface area contributed by atoms with Gasteiger partial charge in [-0.25, -0.2) is 0 Å². The Morgan fingerprint density at radius 3 is 2.85 bits per heavy atom. The number of allylic oxidation sites excluding steroid dienone is 1. The maximum absolute atomic E-state index is 5.74. The number of fused-ring (bicyclic) bond motifs is 1. The maximum atomic E-state index is 5.74. The van der Waals surface area contributed by atoms with Crippen LogP contribution in [0.1, 0.15) is 19.8 Å². The van der Waals surface area contributed by atoms with Crippen LogP contribution in [0, 0.1) is 11.8 Å². The Kier molecular flexibility index (Phi) is 2.70. The molecule has 2 saturated heterocycles. The van der Waals surface area contributed by atoms with Crippen molar-refractivity contribution in [2.45, 2.75) is 32.0 Å². The molecule has 2 unspecified atom stereocenters. The molecule has 2 fully saturated rings. The van der Waals surface area contributed by atoms with Crippen LogP contribution in [0.2, 0.25) is 0 Å². The number of rotatable bonds is 3. The lowest BCUT2D eigenvalue weighted by molar-refractivity contribution is 0.0607. The molecule has 0 aromatic heterocycles. The monoisotopic (exact) mass is 182 g/mol. The largest absolute Gasteiger partial charge is 0.375 e. The minimum Gasteiger partial charge on any atom is -0.375 e. The van der Waals surface area contributed by atoms with Crippen LogP contribution in [0.3, 0.4) is 0 Å². The quantitative estimate of drug-likeness (QED) is 0.621. The van der Waals surface area contributed by atoms with E-state index in [1.54, 1.807) is 0 Å². The SMILES string of the molecule is C=CCCC1CO[C@@H]2C(C)CO[C@H]12. The van der Waals surface area contributed by atoms with E-state index in [0.29, 0.717) is 24.0 Å². The van der Waals surface area contributed by atoms with Gasteiger partial charge in [-0.1, -0.05) is 13.0 Å². The molecule has 74 valence electrons. The highest BCUT2D eigenvalue weighted by atomic mass is 16.6. The van der Waals surface area contributed by atoms with Gasteiger partial charge in [0.05, 0.1) is 25.4 Å². The molecule has 0 bridgehead atoms. The summed E-state index contributed by atoms with van der Waals surface area (Å²) in [5.41, 5.74) is 0. The van der Waals surface area contributed by atoms with Crippen molar-refractivity contribution in [1.29, 1.82) is 0 Å². The van der Waals surface area contributed by atoms with Crippen LogP contribution in [0.25, 0.3) is 0 Å². The summed E-state index contributed by atoms with van der Waals surface area (Å²) in [4.78, 5) is 0. The van der Waals surface area contributed by atoms with Crippen molar-refractivity contribution in [2.75, 3.05) is 13.2 Å². The normalized spacial score (nSPS) is 43.5. The molecule has 0 saturated carbocycles. The number of ether oxygens (including phenoxy) is 2. The summed E-state index contributed by atoms with van der Waals surface area (Å²) in [6.45, 7) is 7.71. The van der Waals surface area contributed by atoms with E-state index < -0.39 is 0 Å². The predicted molar refractivity (Wildman–Crippen MR) is 51.6 cm³/mol. The van der Waals surface area contributed by atoms with Gasteiger partial charge in [0.1, 0.15) is 0 Å².